The van der Waals surface area contributed by atoms with E-state index in [9.17, 15) is 0 Å². The van der Waals surface area contributed by atoms with Crippen LogP contribution in [0.15, 0.2) is 24.3 Å². The summed E-state index contributed by atoms with van der Waals surface area (Å²) in [6, 6.07) is 9.06. The highest BCUT2D eigenvalue weighted by Gasteiger charge is 1.94. The van der Waals surface area contributed by atoms with Crippen LogP contribution in [0.3, 0.4) is 0 Å². The van der Waals surface area contributed by atoms with Gasteiger partial charge in [-0.2, -0.15) is 5.26 Å². The second kappa shape index (κ2) is 6.22. The Balaban J connectivity index is 0.000000364. The van der Waals surface area contributed by atoms with Crippen LogP contribution in [0.2, 0.25) is 0 Å². The van der Waals surface area contributed by atoms with Gasteiger partial charge in [0.15, 0.2) is 0 Å². The fourth-order valence-electron chi connectivity index (χ4n) is 0.706. The standard InChI is InChI=1S/C7H7N3.HNO3/c8-5-6-3-1-2-4-7(6)10-9;2-1(3)4/h1-4,10H,9H2;(H,2,3,4). The van der Waals surface area contributed by atoms with Gasteiger partial charge in [0.05, 0.1) is 11.3 Å². The first-order valence-electron chi connectivity index (χ1n) is 3.40. The van der Waals surface area contributed by atoms with E-state index in [4.69, 9.17) is 26.4 Å². The number of hydrogen-bond donors (Lipinski definition) is 3. The molecule has 7 heteroatoms. The Kier molecular flexibility index (Phi) is 5.18. The Labute approximate surface area is 79.5 Å². The van der Waals surface area contributed by atoms with Crippen LogP contribution in [-0.4, -0.2) is 10.3 Å². The van der Waals surface area contributed by atoms with Gasteiger partial charge < -0.3 is 10.6 Å². The van der Waals surface area contributed by atoms with E-state index in [-0.39, 0.29) is 0 Å². The predicted octanol–water partition coefficient (Wildman–Crippen LogP) is 0.496. The lowest BCUT2D eigenvalue weighted by atomic mass is 10.2. The number of anilines is 1. The highest BCUT2D eigenvalue weighted by atomic mass is 16.9. The molecular weight excluding hydrogens is 188 g/mol. The molecule has 0 aliphatic rings. The molecule has 1 aromatic rings. The predicted molar refractivity (Wildman–Crippen MR) is 47.7 cm³/mol. The smallest absolute Gasteiger partial charge is 0.291 e. The van der Waals surface area contributed by atoms with Gasteiger partial charge in [-0.15, -0.1) is 10.1 Å². The molecule has 0 radical (unpaired) electrons. The normalized spacial score (nSPS) is 7.71. The largest absolute Gasteiger partial charge is 0.328 e. The first-order chi connectivity index (χ1) is 6.61. The third-order valence-electron chi connectivity index (χ3n) is 1.20. The van der Waals surface area contributed by atoms with E-state index in [2.05, 4.69) is 5.43 Å². The second-order valence-corrected chi connectivity index (χ2v) is 2.04. The monoisotopic (exact) mass is 196 g/mol. The third-order valence-corrected chi connectivity index (χ3v) is 1.20. The Hall–Kier alpha value is -2.33. The summed E-state index contributed by atoms with van der Waals surface area (Å²) >= 11 is 0. The van der Waals surface area contributed by atoms with Crippen LogP contribution in [0.5, 0.6) is 0 Å². The van der Waals surface area contributed by atoms with Crippen molar-refractivity contribution in [3.8, 4) is 6.07 Å². The summed E-state index contributed by atoms with van der Waals surface area (Å²) in [5.41, 5.74) is 3.64. The van der Waals surface area contributed by atoms with Crippen LogP contribution in [0.4, 0.5) is 5.69 Å². The Morgan fingerprint density at radius 1 is 1.57 bits per heavy atom. The first-order valence-corrected chi connectivity index (χ1v) is 3.40. The number of rotatable bonds is 1. The van der Waals surface area contributed by atoms with Crippen molar-refractivity contribution in [3.63, 3.8) is 0 Å². The van der Waals surface area contributed by atoms with Gasteiger partial charge >= 0.3 is 0 Å². The van der Waals surface area contributed by atoms with Crippen molar-refractivity contribution in [1.82, 2.24) is 0 Å². The number of nitrogens with zero attached hydrogens (tertiary/aromatic N) is 2. The maximum atomic E-state index is 8.50. The molecule has 14 heavy (non-hydrogen) atoms. The Morgan fingerprint density at radius 2 is 2.07 bits per heavy atom. The quantitative estimate of drug-likeness (QED) is 0.341. The molecule has 0 atom stereocenters. The molecule has 4 N–H and O–H groups in total. The number of nitrogen functional groups attached to an aromatic ring is 1. The molecule has 0 amide bonds. The summed E-state index contributed by atoms with van der Waals surface area (Å²) < 4.78 is 0. The van der Waals surface area contributed by atoms with E-state index in [0.29, 0.717) is 11.3 Å². The number of nitrogens with two attached hydrogens (primary N) is 1. The van der Waals surface area contributed by atoms with Crippen molar-refractivity contribution in [2.24, 2.45) is 5.84 Å². The fraction of sp³-hybridized carbons (Fsp3) is 0. The Bertz CT molecular complexity index is 343. The number of nitriles is 1. The average molecular weight is 196 g/mol. The number of benzene rings is 1. The van der Waals surface area contributed by atoms with Gasteiger partial charge in [0.1, 0.15) is 6.07 Å². The molecule has 74 valence electrons. The summed E-state index contributed by atoms with van der Waals surface area (Å²) in [5.74, 6) is 5.13. The molecule has 0 fully saturated rings. The average Bonchev–Trinajstić information content (AvgIpc) is 2.17. The molecule has 0 bridgehead atoms. The highest BCUT2D eigenvalue weighted by Crippen LogP contribution is 2.10. The van der Waals surface area contributed by atoms with E-state index in [1.165, 1.54) is 0 Å². The molecule has 0 aliphatic carbocycles. The minimum Gasteiger partial charge on any atom is -0.328 e. The molecule has 0 saturated heterocycles. The van der Waals surface area contributed by atoms with Crippen LogP contribution < -0.4 is 11.3 Å². The van der Waals surface area contributed by atoms with Gasteiger partial charge in [-0.3, -0.25) is 5.84 Å². The summed E-state index contributed by atoms with van der Waals surface area (Å²) in [5, 5.41) is 22.1. The molecule has 7 nitrogen and oxygen atoms in total. The van der Waals surface area contributed by atoms with E-state index < -0.39 is 5.09 Å². The van der Waals surface area contributed by atoms with Gasteiger partial charge in [-0.05, 0) is 12.1 Å². The zero-order valence-electron chi connectivity index (χ0n) is 7.04. The van der Waals surface area contributed by atoms with Crippen LogP contribution in [0.1, 0.15) is 5.56 Å². The number of hydrogen-bond acceptors (Lipinski definition) is 5. The molecule has 0 heterocycles. The lowest BCUT2D eigenvalue weighted by molar-refractivity contribution is -0.742. The number of nitrogens with one attached hydrogen (secondary N) is 1. The minimum atomic E-state index is -1.50. The molecule has 1 rings (SSSR count). The van der Waals surface area contributed by atoms with Crippen molar-refractivity contribution in [2.45, 2.75) is 0 Å². The SMILES string of the molecule is N#Cc1ccccc1NN.O=[N+]([O-])O. The number of hydrazine groups is 1. The summed E-state index contributed by atoms with van der Waals surface area (Å²) in [7, 11) is 0. The van der Waals surface area contributed by atoms with Crippen molar-refractivity contribution in [3.05, 3.63) is 39.9 Å². The zero-order chi connectivity index (χ0) is 11.0. The maximum Gasteiger partial charge on any atom is 0.291 e. The van der Waals surface area contributed by atoms with E-state index in [0.717, 1.165) is 0 Å². The van der Waals surface area contributed by atoms with Gasteiger partial charge in [-0.25, -0.2) is 0 Å². The number of para-hydroxylation sites is 1. The third kappa shape index (κ3) is 4.53. The summed E-state index contributed by atoms with van der Waals surface area (Å²) in [6.07, 6.45) is 0. The second-order valence-electron chi connectivity index (χ2n) is 2.04. The molecular formula is C7H8N4O3. The molecule has 0 spiro atoms. The molecule has 0 aromatic heterocycles. The summed E-state index contributed by atoms with van der Waals surface area (Å²) in [6.45, 7) is 0. The van der Waals surface area contributed by atoms with E-state index in [1.54, 1.807) is 18.2 Å². The Morgan fingerprint density at radius 3 is 2.43 bits per heavy atom. The first kappa shape index (κ1) is 11.7. The van der Waals surface area contributed by atoms with Crippen molar-refractivity contribution in [2.75, 3.05) is 5.43 Å². The lowest BCUT2D eigenvalue weighted by Gasteiger charge is -1.99. The molecule has 1 aromatic carbocycles. The summed E-state index contributed by atoms with van der Waals surface area (Å²) in [4.78, 5) is 8.36. The lowest BCUT2D eigenvalue weighted by Crippen LogP contribution is -2.07. The molecule has 0 aliphatic heterocycles. The van der Waals surface area contributed by atoms with Crippen molar-refractivity contribution in [1.29, 1.82) is 5.26 Å². The van der Waals surface area contributed by atoms with E-state index in [1.807, 2.05) is 12.1 Å². The van der Waals surface area contributed by atoms with Crippen LogP contribution >= 0.6 is 0 Å². The van der Waals surface area contributed by atoms with Crippen LogP contribution in [0.25, 0.3) is 0 Å². The fourth-order valence-corrected chi connectivity index (χ4v) is 0.706. The topological polar surface area (TPSA) is 125 Å². The zero-order valence-corrected chi connectivity index (χ0v) is 7.04. The minimum absolute atomic E-state index is 0.560. The van der Waals surface area contributed by atoms with Crippen LogP contribution in [-0.2, 0) is 0 Å². The van der Waals surface area contributed by atoms with Crippen molar-refractivity contribution < 1.29 is 10.3 Å². The van der Waals surface area contributed by atoms with Gasteiger partial charge in [0.2, 0.25) is 0 Å². The molecule has 0 unspecified atom stereocenters. The van der Waals surface area contributed by atoms with Gasteiger partial charge in [-0.1, -0.05) is 12.1 Å². The van der Waals surface area contributed by atoms with Crippen molar-refractivity contribution >= 4 is 5.69 Å². The molecule has 0 saturated carbocycles. The van der Waals surface area contributed by atoms with Crippen LogP contribution in [0, 0.1) is 21.4 Å². The van der Waals surface area contributed by atoms with E-state index >= 15 is 0 Å². The van der Waals surface area contributed by atoms with Gasteiger partial charge in [0.25, 0.3) is 5.09 Å². The highest BCUT2D eigenvalue weighted by molar-refractivity contribution is 5.56. The maximum absolute atomic E-state index is 8.50. The van der Waals surface area contributed by atoms with Gasteiger partial charge in [0, 0.05) is 0 Å².